The van der Waals surface area contributed by atoms with Crippen LogP contribution in [0.1, 0.15) is 41.1 Å². The summed E-state index contributed by atoms with van der Waals surface area (Å²) < 4.78 is 5.33. The van der Waals surface area contributed by atoms with Gasteiger partial charge < -0.3 is 14.9 Å². The lowest BCUT2D eigenvalue weighted by Gasteiger charge is -2.38. The van der Waals surface area contributed by atoms with Crippen LogP contribution in [0.4, 0.5) is 0 Å². The molecule has 3 rings (SSSR count). The Labute approximate surface area is 98.8 Å². The Morgan fingerprint density at radius 3 is 2.94 bits per heavy atom. The first kappa shape index (κ1) is 10.6. The molecular formula is C13H14O4. The third-order valence-electron chi connectivity index (χ3n) is 3.68. The van der Waals surface area contributed by atoms with Crippen molar-refractivity contribution in [1.82, 2.24) is 0 Å². The van der Waals surface area contributed by atoms with Crippen LogP contribution in [-0.2, 0) is 4.74 Å². The van der Waals surface area contributed by atoms with Crippen LogP contribution in [-0.4, -0.2) is 28.4 Å². The van der Waals surface area contributed by atoms with Crippen molar-refractivity contribution in [1.29, 1.82) is 0 Å². The summed E-state index contributed by atoms with van der Waals surface area (Å²) in [7, 11) is 0. The number of fused-ring (bicyclic) bond motifs is 3. The number of rotatable bonds is 0. The maximum Gasteiger partial charge on any atom is 0.338 e. The van der Waals surface area contributed by atoms with Crippen molar-refractivity contribution in [3.05, 3.63) is 29.3 Å². The number of phenols is 1. The molecule has 1 aromatic carbocycles. The molecule has 1 aliphatic heterocycles. The molecule has 4 nitrogen and oxygen atoms in total. The molecule has 4 heteroatoms. The second kappa shape index (κ2) is 3.74. The van der Waals surface area contributed by atoms with E-state index in [1.807, 2.05) is 0 Å². The van der Waals surface area contributed by atoms with Crippen LogP contribution in [0.3, 0.4) is 0 Å². The summed E-state index contributed by atoms with van der Waals surface area (Å²) in [5.41, 5.74) is 1.40. The smallest absolute Gasteiger partial charge is 0.338 e. The highest BCUT2D eigenvalue weighted by Crippen LogP contribution is 2.41. The average Bonchev–Trinajstić information content (AvgIpc) is 2.29. The number of hydrogen-bond acceptors (Lipinski definition) is 4. The Balaban J connectivity index is 2.03. The van der Waals surface area contributed by atoms with E-state index in [1.54, 1.807) is 12.1 Å². The number of aliphatic hydroxyl groups is 1. The molecule has 90 valence electrons. The van der Waals surface area contributed by atoms with Gasteiger partial charge in [-0.2, -0.15) is 0 Å². The van der Waals surface area contributed by atoms with Crippen molar-refractivity contribution >= 4 is 5.97 Å². The maximum absolute atomic E-state index is 11.8. The van der Waals surface area contributed by atoms with Gasteiger partial charge in [0.1, 0.15) is 11.9 Å². The zero-order valence-electron chi connectivity index (χ0n) is 9.30. The fourth-order valence-electron chi connectivity index (χ4n) is 2.84. The van der Waals surface area contributed by atoms with Gasteiger partial charge in [-0.3, -0.25) is 0 Å². The first-order chi connectivity index (χ1) is 8.15. The number of aliphatic hydroxyl groups excluding tert-OH is 1. The zero-order chi connectivity index (χ0) is 12.0. The molecule has 0 bridgehead atoms. The second-order valence-corrected chi connectivity index (χ2v) is 4.79. The molecule has 17 heavy (non-hydrogen) atoms. The third kappa shape index (κ3) is 1.69. The Bertz CT molecular complexity index is 468. The van der Waals surface area contributed by atoms with E-state index in [-0.39, 0.29) is 23.9 Å². The van der Waals surface area contributed by atoms with Crippen LogP contribution in [0.5, 0.6) is 5.75 Å². The van der Waals surface area contributed by atoms with Gasteiger partial charge in [-0.25, -0.2) is 4.79 Å². The lowest BCUT2D eigenvalue weighted by atomic mass is 9.77. The SMILES string of the molecule is O=C1O[C@H]2C[C@@H](O)CC[C@@H]2c2ccc(O)cc21. The van der Waals surface area contributed by atoms with E-state index in [0.29, 0.717) is 12.0 Å². The van der Waals surface area contributed by atoms with Crippen LogP contribution >= 0.6 is 0 Å². The number of phenolic OH excluding ortho intramolecular Hbond substituents is 1. The van der Waals surface area contributed by atoms with Gasteiger partial charge in [0, 0.05) is 12.3 Å². The normalized spacial score (nSPS) is 31.4. The molecule has 2 N–H and O–H groups in total. The van der Waals surface area contributed by atoms with Crippen molar-refractivity contribution in [2.45, 2.75) is 37.4 Å². The lowest BCUT2D eigenvalue weighted by molar-refractivity contribution is -0.0181. The van der Waals surface area contributed by atoms with Crippen molar-refractivity contribution in [2.75, 3.05) is 0 Å². The van der Waals surface area contributed by atoms with Gasteiger partial charge in [-0.05, 0) is 30.5 Å². The van der Waals surface area contributed by atoms with Gasteiger partial charge in [-0.1, -0.05) is 6.07 Å². The molecule has 0 aromatic heterocycles. The number of esters is 1. The first-order valence-electron chi connectivity index (χ1n) is 5.87. The quantitative estimate of drug-likeness (QED) is 0.668. The van der Waals surface area contributed by atoms with Crippen LogP contribution in [0.2, 0.25) is 0 Å². The predicted molar refractivity (Wildman–Crippen MR) is 59.9 cm³/mol. The molecule has 1 fully saturated rings. The summed E-state index contributed by atoms with van der Waals surface area (Å²) in [5.74, 6) is -0.159. The minimum absolute atomic E-state index is 0.0787. The van der Waals surface area contributed by atoms with Gasteiger partial charge in [0.15, 0.2) is 0 Å². The molecular weight excluding hydrogens is 220 g/mol. The highest BCUT2D eigenvalue weighted by Gasteiger charge is 2.39. The fourth-order valence-corrected chi connectivity index (χ4v) is 2.84. The van der Waals surface area contributed by atoms with Gasteiger partial charge in [-0.15, -0.1) is 0 Å². The number of ether oxygens (including phenoxy) is 1. The minimum atomic E-state index is -0.397. The molecule has 0 unspecified atom stereocenters. The first-order valence-corrected chi connectivity index (χ1v) is 5.87. The van der Waals surface area contributed by atoms with Gasteiger partial charge in [0.25, 0.3) is 0 Å². The third-order valence-corrected chi connectivity index (χ3v) is 3.68. The molecule has 3 atom stereocenters. The Kier molecular flexibility index (Phi) is 2.33. The van der Waals surface area contributed by atoms with Crippen LogP contribution < -0.4 is 0 Å². The van der Waals surface area contributed by atoms with E-state index in [9.17, 15) is 15.0 Å². The summed E-state index contributed by atoms with van der Waals surface area (Å²) in [4.78, 5) is 11.8. The molecule has 0 radical (unpaired) electrons. The zero-order valence-corrected chi connectivity index (χ0v) is 9.30. The highest BCUT2D eigenvalue weighted by molar-refractivity contribution is 5.93. The molecule has 0 spiro atoms. The summed E-state index contributed by atoms with van der Waals surface area (Å²) in [6, 6.07) is 4.85. The topological polar surface area (TPSA) is 66.8 Å². The summed E-state index contributed by atoms with van der Waals surface area (Å²) in [6.45, 7) is 0. The van der Waals surface area contributed by atoms with Gasteiger partial charge in [0.2, 0.25) is 0 Å². The van der Waals surface area contributed by atoms with E-state index in [1.165, 1.54) is 6.07 Å². The van der Waals surface area contributed by atoms with E-state index in [4.69, 9.17) is 4.74 Å². The van der Waals surface area contributed by atoms with Crippen molar-refractivity contribution < 1.29 is 19.7 Å². The van der Waals surface area contributed by atoms with Crippen molar-refractivity contribution in [3.8, 4) is 5.75 Å². The van der Waals surface area contributed by atoms with Crippen LogP contribution in [0.15, 0.2) is 18.2 Å². The molecule has 1 aromatic rings. The number of carbonyl (C=O) groups excluding carboxylic acids is 1. The molecule has 2 aliphatic rings. The number of aromatic hydroxyl groups is 1. The predicted octanol–water partition coefficient (Wildman–Crippen LogP) is 1.56. The Morgan fingerprint density at radius 1 is 1.29 bits per heavy atom. The Morgan fingerprint density at radius 2 is 2.12 bits per heavy atom. The highest BCUT2D eigenvalue weighted by atomic mass is 16.5. The molecule has 1 heterocycles. The molecule has 0 amide bonds. The molecule has 0 saturated heterocycles. The van der Waals surface area contributed by atoms with E-state index >= 15 is 0 Å². The number of carbonyl (C=O) groups is 1. The summed E-state index contributed by atoms with van der Waals surface area (Å²) in [6.07, 6.45) is 1.47. The van der Waals surface area contributed by atoms with Crippen molar-refractivity contribution in [3.63, 3.8) is 0 Å². The monoisotopic (exact) mass is 234 g/mol. The minimum Gasteiger partial charge on any atom is -0.508 e. The number of hydrogen-bond donors (Lipinski definition) is 2. The lowest BCUT2D eigenvalue weighted by Crippen LogP contribution is -2.38. The molecule has 1 saturated carbocycles. The fraction of sp³-hybridized carbons (Fsp3) is 0.462. The van der Waals surface area contributed by atoms with Gasteiger partial charge in [0.05, 0.1) is 11.7 Å². The number of benzene rings is 1. The van der Waals surface area contributed by atoms with E-state index in [0.717, 1.165) is 18.4 Å². The standard InChI is InChI=1S/C13H14O4/c14-7-1-3-9-10-4-2-8(15)6-12(10)17-13(16)11(9)5-7/h1,3,5,8,10,12,14-15H,2,4,6H2/t8-,10+,12-/m0/s1. The van der Waals surface area contributed by atoms with E-state index in [2.05, 4.69) is 0 Å². The summed E-state index contributed by atoms with van der Waals surface area (Å²) in [5, 5.41) is 19.0. The van der Waals surface area contributed by atoms with Crippen LogP contribution in [0.25, 0.3) is 0 Å². The molecule has 1 aliphatic carbocycles. The Hall–Kier alpha value is -1.55. The largest absolute Gasteiger partial charge is 0.508 e. The second-order valence-electron chi connectivity index (χ2n) is 4.79. The van der Waals surface area contributed by atoms with E-state index < -0.39 is 5.97 Å². The van der Waals surface area contributed by atoms with Crippen molar-refractivity contribution in [2.24, 2.45) is 0 Å². The van der Waals surface area contributed by atoms with Gasteiger partial charge >= 0.3 is 5.97 Å². The van der Waals surface area contributed by atoms with Crippen LogP contribution in [0, 0.1) is 0 Å². The summed E-state index contributed by atoms with van der Waals surface area (Å²) >= 11 is 0. The average molecular weight is 234 g/mol. The maximum atomic E-state index is 11.8.